The number of aliphatic imine (C=N–C) groups is 1. The van der Waals surface area contributed by atoms with Gasteiger partial charge in [0, 0.05) is 26.7 Å². The first-order chi connectivity index (χ1) is 8.29. The number of likely N-dealkylation sites (N-methyl/N-ethyl adjacent to an activating group) is 1. The van der Waals surface area contributed by atoms with E-state index in [4.69, 9.17) is 4.99 Å². The molecule has 4 nitrogen and oxygen atoms in total. The molecule has 1 rings (SSSR count). The summed E-state index contributed by atoms with van der Waals surface area (Å²) in [4.78, 5) is 11.8. The van der Waals surface area contributed by atoms with Crippen molar-refractivity contribution in [2.24, 2.45) is 4.99 Å². The zero-order valence-corrected chi connectivity index (χ0v) is 13.0. The van der Waals surface area contributed by atoms with Crippen LogP contribution >= 0.6 is 0 Å². The maximum atomic E-state index is 4.84. The average molecular weight is 254 g/mol. The minimum atomic E-state index is 0.00974. The minimum absolute atomic E-state index is 0.00974. The molecule has 106 valence electrons. The third kappa shape index (κ3) is 5.25. The van der Waals surface area contributed by atoms with Gasteiger partial charge in [-0.25, -0.2) is 4.99 Å². The van der Waals surface area contributed by atoms with E-state index in [0.717, 1.165) is 19.6 Å². The predicted octanol–water partition coefficient (Wildman–Crippen LogP) is 1.73. The Balaban J connectivity index is 2.47. The number of hydrogen-bond acceptors (Lipinski definition) is 2. The second-order valence-corrected chi connectivity index (χ2v) is 6.50. The maximum Gasteiger partial charge on any atom is 0.196 e. The van der Waals surface area contributed by atoms with Gasteiger partial charge < -0.3 is 14.7 Å². The van der Waals surface area contributed by atoms with Gasteiger partial charge in [-0.1, -0.05) is 0 Å². The van der Waals surface area contributed by atoms with Crippen LogP contribution in [0.1, 0.15) is 33.6 Å². The molecule has 1 saturated heterocycles. The average Bonchev–Trinajstić information content (AvgIpc) is 2.54. The molecule has 0 aliphatic carbocycles. The highest BCUT2D eigenvalue weighted by molar-refractivity contribution is 5.82. The van der Waals surface area contributed by atoms with Gasteiger partial charge in [0.1, 0.15) is 0 Å². The smallest absolute Gasteiger partial charge is 0.196 e. The van der Waals surface area contributed by atoms with Gasteiger partial charge in [-0.05, 0) is 54.3 Å². The van der Waals surface area contributed by atoms with Crippen LogP contribution in [0.5, 0.6) is 0 Å². The Morgan fingerprint density at radius 3 is 2.39 bits per heavy atom. The van der Waals surface area contributed by atoms with Crippen LogP contribution < -0.4 is 0 Å². The molecule has 0 aromatic heterocycles. The van der Waals surface area contributed by atoms with Crippen LogP contribution in [-0.2, 0) is 0 Å². The Morgan fingerprint density at radius 1 is 1.17 bits per heavy atom. The monoisotopic (exact) mass is 254 g/mol. The third-order valence-corrected chi connectivity index (χ3v) is 3.05. The van der Waals surface area contributed by atoms with Gasteiger partial charge in [0.05, 0.1) is 5.54 Å². The molecule has 0 saturated carbocycles. The zero-order chi connectivity index (χ0) is 13.8. The van der Waals surface area contributed by atoms with Gasteiger partial charge in [-0.2, -0.15) is 0 Å². The molecule has 0 aromatic rings. The topological polar surface area (TPSA) is 22.1 Å². The van der Waals surface area contributed by atoms with Gasteiger partial charge in [0.2, 0.25) is 0 Å². The van der Waals surface area contributed by atoms with Crippen LogP contribution in [0.4, 0.5) is 0 Å². The van der Waals surface area contributed by atoms with Crippen molar-refractivity contribution in [3.05, 3.63) is 0 Å². The largest absolute Gasteiger partial charge is 0.344 e. The van der Waals surface area contributed by atoms with Crippen molar-refractivity contribution in [3.63, 3.8) is 0 Å². The summed E-state index contributed by atoms with van der Waals surface area (Å²) in [6.07, 6.45) is 2.51. The molecule has 0 amide bonds. The molecule has 1 heterocycles. The summed E-state index contributed by atoms with van der Waals surface area (Å²) in [5, 5.41) is 0. The zero-order valence-electron chi connectivity index (χ0n) is 13.0. The normalized spacial score (nSPS) is 19.4. The van der Waals surface area contributed by atoms with E-state index < -0.39 is 0 Å². The van der Waals surface area contributed by atoms with Gasteiger partial charge >= 0.3 is 0 Å². The van der Waals surface area contributed by atoms with E-state index in [2.05, 4.69) is 56.6 Å². The molecule has 0 atom stereocenters. The van der Waals surface area contributed by atoms with Crippen molar-refractivity contribution in [1.82, 2.24) is 14.7 Å². The quantitative estimate of drug-likeness (QED) is 0.698. The van der Waals surface area contributed by atoms with E-state index in [9.17, 15) is 0 Å². The lowest BCUT2D eigenvalue weighted by atomic mass is 10.1. The number of guanidine groups is 1. The highest BCUT2D eigenvalue weighted by Crippen LogP contribution is 2.14. The number of rotatable bonds is 5. The Bertz CT molecular complexity index is 278. The summed E-state index contributed by atoms with van der Waals surface area (Å²) in [5.41, 5.74) is 0.00974. The van der Waals surface area contributed by atoms with Crippen LogP contribution in [0.25, 0.3) is 0 Å². The van der Waals surface area contributed by atoms with Crippen molar-refractivity contribution in [2.75, 3.05) is 47.3 Å². The Morgan fingerprint density at radius 2 is 1.83 bits per heavy atom. The Hall–Kier alpha value is -0.770. The lowest BCUT2D eigenvalue weighted by Gasteiger charge is -2.24. The fourth-order valence-electron chi connectivity index (χ4n) is 2.11. The number of hydrogen-bond donors (Lipinski definition) is 0. The highest BCUT2D eigenvalue weighted by Gasteiger charge is 2.24. The summed E-state index contributed by atoms with van der Waals surface area (Å²) >= 11 is 0. The van der Waals surface area contributed by atoms with E-state index in [1.807, 2.05) is 0 Å². The van der Waals surface area contributed by atoms with E-state index in [0.29, 0.717) is 0 Å². The van der Waals surface area contributed by atoms with Gasteiger partial charge in [0.25, 0.3) is 0 Å². The van der Waals surface area contributed by atoms with Crippen molar-refractivity contribution in [3.8, 4) is 0 Å². The van der Waals surface area contributed by atoms with Crippen molar-refractivity contribution < 1.29 is 0 Å². The highest BCUT2D eigenvalue weighted by atomic mass is 15.4. The first-order valence-corrected chi connectivity index (χ1v) is 7.00. The Kier molecular flexibility index (Phi) is 5.45. The molecule has 0 radical (unpaired) electrons. The third-order valence-electron chi connectivity index (χ3n) is 3.05. The summed E-state index contributed by atoms with van der Waals surface area (Å²) in [6.45, 7) is 11.0. The minimum Gasteiger partial charge on any atom is -0.344 e. The van der Waals surface area contributed by atoms with Gasteiger partial charge in [-0.3, -0.25) is 0 Å². The van der Waals surface area contributed by atoms with Crippen LogP contribution in [0, 0.1) is 0 Å². The fourth-order valence-corrected chi connectivity index (χ4v) is 2.11. The van der Waals surface area contributed by atoms with E-state index in [-0.39, 0.29) is 5.54 Å². The van der Waals surface area contributed by atoms with Crippen LogP contribution in [0.2, 0.25) is 0 Å². The summed E-state index contributed by atoms with van der Waals surface area (Å²) in [5.74, 6) is 1.17. The lowest BCUT2D eigenvalue weighted by Crippen LogP contribution is -2.35. The first kappa shape index (κ1) is 15.3. The molecule has 1 aliphatic rings. The molecule has 0 unspecified atom stereocenters. The van der Waals surface area contributed by atoms with Gasteiger partial charge in [-0.15, -0.1) is 0 Å². The standard InChI is InChI=1S/C14H30N4/c1-14(2,3)15-13-17(6)11-12-18(13)10-8-7-9-16(4)5/h7-12H2,1-6H3/b15-13+. The Labute approximate surface area is 113 Å². The summed E-state index contributed by atoms with van der Waals surface area (Å²) in [6, 6.07) is 0. The molecule has 0 aromatic carbocycles. The lowest BCUT2D eigenvalue weighted by molar-refractivity contribution is 0.369. The van der Waals surface area contributed by atoms with Crippen LogP contribution in [-0.4, -0.2) is 73.5 Å². The van der Waals surface area contributed by atoms with Crippen molar-refractivity contribution >= 4 is 5.96 Å². The molecule has 4 heteroatoms. The number of nitrogens with zero attached hydrogens (tertiary/aromatic N) is 4. The van der Waals surface area contributed by atoms with Gasteiger partial charge in [0.15, 0.2) is 5.96 Å². The van der Waals surface area contributed by atoms with Crippen LogP contribution in [0.15, 0.2) is 4.99 Å². The second-order valence-electron chi connectivity index (χ2n) is 6.50. The predicted molar refractivity (Wildman–Crippen MR) is 79.2 cm³/mol. The molecule has 0 bridgehead atoms. The van der Waals surface area contributed by atoms with Crippen molar-refractivity contribution in [1.29, 1.82) is 0 Å². The maximum absolute atomic E-state index is 4.84. The second kappa shape index (κ2) is 6.41. The molecule has 18 heavy (non-hydrogen) atoms. The molecule has 0 N–H and O–H groups in total. The van der Waals surface area contributed by atoms with Crippen molar-refractivity contribution in [2.45, 2.75) is 39.2 Å². The first-order valence-electron chi connectivity index (χ1n) is 7.00. The molecule has 1 aliphatic heterocycles. The van der Waals surface area contributed by atoms with E-state index in [1.54, 1.807) is 0 Å². The molecular formula is C14H30N4. The fraction of sp³-hybridized carbons (Fsp3) is 0.929. The SMILES string of the molecule is CN(C)CCCCN1CCN(C)/C1=N\C(C)(C)C. The summed E-state index contributed by atoms with van der Waals surface area (Å²) < 4.78 is 0. The molecule has 0 spiro atoms. The van der Waals surface area contributed by atoms with E-state index >= 15 is 0 Å². The number of unbranched alkanes of at least 4 members (excludes halogenated alkanes) is 1. The van der Waals surface area contributed by atoms with E-state index in [1.165, 1.54) is 25.3 Å². The molecular weight excluding hydrogens is 224 g/mol. The molecule has 1 fully saturated rings. The summed E-state index contributed by atoms with van der Waals surface area (Å²) in [7, 11) is 6.41. The van der Waals surface area contributed by atoms with Crippen LogP contribution in [0.3, 0.4) is 0 Å².